The van der Waals surface area contributed by atoms with Crippen LogP contribution in [0.2, 0.25) is 0 Å². The average Bonchev–Trinajstić information content (AvgIpc) is 2.59. The molecule has 2 rings (SSSR count). The van der Waals surface area contributed by atoms with Crippen LogP contribution in [0.15, 0.2) is 14.3 Å². The van der Waals surface area contributed by atoms with E-state index >= 15 is 0 Å². The van der Waals surface area contributed by atoms with Gasteiger partial charge in [-0.3, -0.25) is 4.90 Å². The zero-order valence-electron chi connectivity index (χ0n) is 9.09. The Labute approximate surface area is 117 Å². The van der Waals surface area contributed by atoms with Crippen LogP contribution in [0.1, 0.15) is 17.7 Å². The standard InChI is InChI=1S/C11H16Br2N2S/c12-10-5-9(16-11(10)13)7-15-3-1-8(6-14)2-4-15/h5,8H,1-4,6-7,14H2. The number of nitrogens with two attached hydrogens (primary N) is 1. The summed E-state index contributed by atoms with van der Waals surface area (Å²) in [5.74, 6) is 0.748. The maximum Gasteiger partial charge on any atom is 0.0843 e. The topological polar surface area (TPSA) is 29.3 Å². The summed E-state index contributed by atoms with van der Waals surface area (Å²) in [6, 6.07) is 2.21. The number of hydrogen-bond donors (Lipinski definition) is 1. The first-order valence-corrected chi connectivity index (χ1v) is 7.95. The first kappa shape index (κ1) is 13.0. The Kier molecular flexibility index (Phi) is 4.85. The fourth-order valence-corrected chi connectivity index (χ4v) is 4.29. The predicted octanol–water partition coefficient (Wildman–Crippen LogP) is 3.44. The third-order valence-corrected chi connectivity index (χ3v) is 6.36. The number of nitrogens with zero attached hydrogens (tertiary/aromatic N) is 1. The minimum Gasteiger partial charge on any atom is -0.330 e. The molecule has 1 aliphatic rings. The van der Waals surface area contributed by atoms with E-state index in [2.05, 4.69) is 42.8 Å². The lowest BCUT2D eigenvalue weighted by molar-refractivity contribution is 0.182. The zero-order chi connectivity index (χ0) is 11.5. The van der Waals surface area contributed by atoms with Crippen LogP contribution in [0.4, 0.5) is 0 Å². The largest absolute Gasteiger partial charge is 0.330 e. The van der Waals surface area contributed by atoms with Gasteiger partial charge in [0.2, 0.25) is 0 Å². The van der Waals surface area contributed by atoms with Gasteiger partial charge in [0.25, 0.3) is 0 Å². The predicted molar refractivity (Wildman–Crippen MR) is 76.8 cm³/mol. The fraction of sp³-hybridized carbons (Fsp3) is 0.636. The van der Waals surface area contributed by atoms with E-state index in [1.807, 2.05) is 11.3 Å². The molecule has 90 valence electrons. The Morgan fingerprint density at radius 3 is 2.56 bits per heavy atom. The lowest BCUT2D eigenvalue weighted by Crippen LogP contribution is -2.35. The molecule has 1 fully saturated rings. The molecule has 5 heteroatoms. The van der Waals surface area contributed by atoms with Crippen LogP contribution in [-0.4, -0.2) is 24.5 Å². The highest BCUT2D eigenvalue weighted by Gasteiger charge is 2.18. The second-order valence-corrected chi connectivity index (χ2v) is 7.60. The number of halogens is 2. The van der Waals surface area contributed by atoms with Crippen LogP contribution in [0, 0.1) is 5.92 Å². The number of piperidine rings is 1. The molecule has 2 N–H and O–H groups in total. The molecule has 2 nitrogen and oxygen atoms in total. The third-order valence-electron chi connectivity index (χ3n) is 3.12. The summed E-state index contributed by atoms with van der Waals surface area (Å²) in [4.78, 5) is 3.95. The van der Waals surface area contributed by atoms with E-state index in [4.69, 9.17) is 5.73 Å². The maximum absolute atomic E-state index is 5.70. The number of likely N-dealkylation sites (tertiary alicyclic amines) is 1. The maximum atomic E-state index is 5.70. The van der Waals surface area contributed by atoms with Gasteiger partial charge in [-0.1, -0.05) is 0 Å². The number of hydrogen-bond acceptors (Lipinski definition) is 3. The van der Waals surface area contributed by atoms with Crippen molar-refractivity contribution in [2.45, 2.75) is 19.4 Å². The molecule has 1 saturated heterocycles. The molecule has 0 unspecified atom stereocenters. The van der Waals surface area contributed by atoms with Gasteiger partial charge in [-0.2, -0.15) is 0 Å². The van der Waals surface area contributed by atoms with Gasteiger partial charge in [0, 0.05) is 15.9 Å². The molecule has 16 heavy (non-hydrogen) atoms. The molecule has 1 aromatic heterocycles. The van der Waals surface area contributed by atoms with E-state index in [-0.39, 0.29) is 0 Å². The van der Waals surface area contributed by atoms with Crippen molar-refractivity contribution in [1.82, 2.24) is 4.90 Å². The molecule has 0 spiro atoms. The molecule has 0 aromatic carbocycles. The van der Waals surface area contributed by atoms with Gasteiger partial charge in [-0.05, 0) is 76.3 Å². The molecule has 0 atom stereocenters. The Hall–Kier alpha value is 0.580. The van der Waals surface area contributed by atoms with Crippen LogP contribution in [0.5, 0.6) is 0 Å². The van der Waals surface area contributed by atoms with Gasteiger partial charge in [-0.25, -0.2) is 0 Å². The van der Waals surface area contributed by atoms with Crippen LogP contribution < -0.4 is 5.73 Å². The molecule has 0 aliphatic carbocycles. The fourth-order valence-electron chi connectivity index (χ4n) is 2.07. The van der Waals surface area contributed by atoms with Gasteiger partial charge in [0.1, 0.15) is 0 Å². The third kappa shape index (κ3) is 3.29. The minimum atomic E-state index is 0.748. The molecule has 1 aromatic rings. The van der Waals surface area contributed by atoms with Crippen molar-refractivity contribution in [3.63, 3.8) is 0 Å². The van der Waals surface area contributed by atoms with Gasteiger partial charge in [-0.15, -0.1) is 11.3 Å². The molecule has 0 bridgehead atoms. The van der Waals surface area contributed by atoms with Crippen molar-refractivity contribution >= 4 is 43.2 Å². The zero-order valence-corrected chi connectivity index (χ0v) is 13.1. The summed E-state index contributed by atoms with van der Waals surface area (Å²) in [5.41, 5.74) is 5.70. The Morgan fingerprint density at radius 2 is 2.06 bits per heavy atom. The van der Waals surface area contributed by atoms with Crippen molar-refractivity contribution in [2.75, 3.05) is 19.6 Å². The highest BCUT2D eigenvalue weighted by molar-refractivity contribution is 9.13. The Morgan fingerprint density at radius 1 is 1.38 bits per heavy atom. The van der Waals surface area contributed by atoms with Crippen LogP contribution in [0.25, 0.3) is 0 Å². The number of rotatable bonds is 3. The first-order chi connectivity index (χ1) is 7.69. The van der Waals surface area contributed by atoms with Gasteiger partial charge < -0.3 is 5.73 Å². The van der Waals surface area contributed by atoms with E-state index in [0.29, 0.717) is 0 Å². The summed E-state index contributed by atoms with van der Waals surface area (Å²) in [5, 5.41) is 0. The Balaban J connectivity index is 1.87. The average molecular weight is 368 g/mol. The second kappa shape index (κ2) is 5.96. The summed E-state index contributed by atoms with van der Waals surface area (Å²) < 4.78 is 2.36. The van der Waals surface area contributed by atoms with E-state index in [0.717, 1.165) is 19.0 Å². The summed E-state index contributed by atoms with van der Waals surface area (Å²) in [6.45, 7) is 4.31. The Bertz CT molecular complexity index is 326. The van der Waals surface area contributed by atoms with Crippen molar-refractivity contribution in [2.24, 2.45) is 11.7 Å². The first-order valence-electron chi connectivity index (χ1n) is 5.55. The summed E-state index contributed by atoms with van der Waals surface area (Å²) >= 11 is 8.89. The summed E-state index contributed by atoms with van der Waals surface area (Å²) in [7, 11) is 0. The lowest BCUT2D eigenvalue weighted by Gasteiger charge is -2.30. The summed E-state index contributed by atoms with van der Waals surface area (Å²) in [6.07, 6.45) is 2.51. The molecule has 1 aliphatic heterocycles. The van der Waals surface area contributed by atoms with Gasteiger partial charge in [0.15, 0.2) is 0 Å². The van der Waals surface area contributed by atoms with E-state index in [1.54, 1.807) is 0 Å². The molecule has 0 amide bonds. The number of thiophene rings is 1. The van der Waals surface area contributed by atoms with Crippen LogP contribution in [0.3, 0.4) is 0 Å². The van der Waals surface area contributed by atoms with E-state index < -0.39 is 0 Å². The lowest BCUT2D eigenvalue weighted by atomic mass is 9.97. The molecular formula is C11H16Br2N2S. The van der Waals surface area contributed by atoms with Crippen LogP contribution in [-0.2, 0) is 6.54 Å². The molecule has 2 heterocycles. The van der Waals surface area contributed by atoms with Gasteiger partial charge >= 0.3 is 0 Å². The normalized spacial score (nSPS) is 19.2. The van der Waals surface area contributed by atoms with E-state index in [9.17, 15) is 0 Å². The van der Waals surface area contributed by atoms with E-state index in [1.165, 1.54) is 39.1 Å². The smallest absolute Gasteiger partial charge is 0.0843 e. The van der Waals surface area contributed by atoms with Crippen molar-refractivity contribution in [1.29, 1.82) is 0 Å². The molecular weight excluding hydrogens is 352 g/mol. The van der Waals surface area contributed by atoms with Gasteiger partial charge in [0.05, 0.1) is 3.79 Å². The minimum absolute atomic E-state index is 0.748. The monoisotopic (exact) mass is 366 g/mol. The highest BCUT2D eigenvalue weighted by atomic mass is 79.9. The van der Waals surface area contributed by atoms with Crippen molar-refractivity contribution in [3.8, 4) is 0 Å². The second-order valence-electron chi connectivity index (χ2n) is 4.29. The molecule has 0 radical (unpaired) electrons. The van der Waals surface area contributed by atoms with Crippen molar-refractivity contribution < 1.29 is 0 Å². The molecule has 0 saturated carbocycles. The van der Waals surface area contributed by atoms with Crippen molar-refractivity contribution in [3.05, 3.63) is 19.2 Å². The SMILES string of the molecule is NCC1CCN(Cc2cc(Br)c(Br)s2)CC1. The quantitative estimate of drug-likeness (QED) is 0.886. The highest BCUT2D eigenvalue weighted by Crippen LogP contribution is 2.33. The van der Waals surface area contributed by atoms with Crippen LogP contribution >= 0.6 is 43.2 Å².